The molecule has 2 amide bonds. The van der Waals surface area contributed by atoms with Gasteiger partial charge in [0.05, 0.1) is 6.10 Å². The average Bonchev–Trinajstić information content (AvgIpc) is 3.10. The minimum Gasteiger partial charge on any atom is -0.390 e. The molecule has 1 heterocycles. The minimum atomic E-state index is -0.638. The third-order valence-electron chi connectivity index (χ3n) is 3.55. The van der Waals surface area contributed by atoms with E-state index in [0.29, 0.717) is 11.7 Å². The maximum absolute atomic E-state index is 12.0. The number of anilines is 1. The lowest BCUT2D eigenvalue weighted by atomic mass is 10.2. The van der Waals surface area contributed by atoms with E-state index in [-0.39, 0.29) is 31.2 Å². The lowest BCUT2D eigenvalue weighted by Gasteiger charge is -2.16. The first kappa shape index (κ1) is 22.3. The van der Waals surface area contributed by atoms with E-state index in [1.54, 1.807) is 11.8 Å². The number of rotatable bonds is 11. The van der Waals surface area contributed by atoms with E-state index in [4.69, 9.17) is 0 Å². The van der Waals surface area contributed by atoms with Gasteiger partial charge in [0.15, 0.2) is 4.34 Å². The Morgan fingerprint density at radius 3 is 2.61 bits per heavy atom. The Labute approximate surface area is 172 Å². The van der Waals surface area contributed by atoms with Crippen LogP contribution in [-0.2, 0) is 15.3 Å². The fourth-order valence-corrected chi connectivity index (χ4v) is 3.98. The van der Waals surface area contributed by atoms with Crippen LogP contribution in [0.5, 0.6) is 0 Å². The van der Waals surface area contributed by atoms with Gasteiger partial charge in [-0.2, -0.15) is 0 Å². The molecular weight excluding hydrogens is 398 g/mol. The molecule has 8 nitrogen and oxygen atoms in total. The Bertz CT molecular complexity index is 755. The van der Waals surface area contributed by atoms with E-state index in [2.05, 4.69) is 20.8 Å². The number of nitrogens with zero attached hydrogens (tertiary/aromatic N) is 3. The van der Waals surface area contributed by atoms with Crippen LogP contribution in [0.4, 0.5) is 5.13 Å². The number of aliphatic hydroxyl groups is 1. The van der Waals surface area contributed by atoms with Crippen molar-refractivity contribution in [3.63, 3.8) is 0 Å². The van der Waals surface area contributed by atoms with Crippen molar-refractivity contribution in [2.45, 2.75) is 29.0 Å². The molecule has 0 saturated heterocycles. The van der Waals surface area contributed by atoms with Gasteiger partial charge in [0.1, 0.15) is 0 Å². The lowest BCUT2D eigenvalue weighted by molar-refractivity contribution is -0.124. The summed E-state index contributed by atoms with van der Waals surface area (Å²) in [5.41, 5.74) is 1.19. The Kier molecular flexibility index (Phi) is 9.35. The van der Waals surface area contributed by atoms with Crippen molar-refractivity contribution < 1.29 is 14.7 Å². The summed E-state index contributed by atoms with van der Waals surface area (Å²) in [4.78, 5) is 25.6. The van der Waals surface area contributed by atoms with Gasteiger partial charge in [-0.15, -0.1) is 10.2 Å². The van der Waals surface area contributed by atoms with Gasteiger partial charge in [-0.05, 0) is 19.7 Å². The fourth-order valence-electron chi connectivity index (χ4n) is 2.25. The monoisotopic (exact) mass is 423 g/mol. The first-order valence-corrected chi connectivity index (χ1v) is 10.6. The summed E-state index contributed by atoms with van der Waals surface area (Å²) >= 11 is 2.86. The van der Waals surface area contributed by atoms with E-state index in [1.165, 1.54) is 16.9 Å². The number of hydrogen-bond donors (Lipinski definition) is 3. The quantitative estimate of drug-likeness (QED) is 0.372. The van der Waals surface area contributed by atoms with Gasteiger partial charge in [0.25, 0.3) is 0 Å². The smallest absolute Gasteiger partial charge is 0.226 e. The summed E-state index contributed by atoms with van der Waals surface area (Å²) in [5, 5.41) is 23.4. The molecule has 3 N–H and O–H groups in total. The van der Waals surface area contributed by atoms with Crippen LogP contribution in [0.1, 0.15) is 18.4 Å². The van der Waals surface area contributed by atoms with Crippen molar-refractivity contribution in [3.8, 4) is 0 Å². The summed E-state index contributed by atoms with van der Waals surface area (Å²) in [7, 11) is 3.68. The van der Waals surface area contributed by atoms with Crippen LogP contribution in [0.2, 0.25) is 0 Å². The third kappa shape index (κ3) is 8.79. The molecule has 1 atom stereocenters. The Hall–Kier alpha value is -2.01. The van der Waals surface area contributed by atoms with Gasteiger partial charge in [-0.25, -0.2) is 0 Å². The number of carbonyl (C=O) groups is 2. The molecular formula is C18H25N5O3S2. The molecule has 0 aliphatic carbocycles. The zero-order chi connectivity index (χ0) is 20.4. The largest absolute Gasteiger partial charge is 0.390 e. The summed E-state index contributed by atoms with van der Waals surface area (Å²) < 4.78 is 0.770. The number of hydrogen-bond acceptors (Lipinski definition) is 8. The van der Waals surface area contributed by atoms with Crippen molar-refractivity contribution in [1.82, 2.24) is 20.4 Å². The molecule has 28 heavy (non-hydrogen) atoms. The molecule has 0 radical (unpaired) electrons. The van der Waals surface area contributed by atoms with Crippen LogP contribution >= 0.6 is 23.1 Å². The first-order valence-electron chi connectivity index (χ1n) is 8.82. The van der Waals surface area contributed by atoms with E-state index in [1.807, 2.05) is 49.3 Å². The Morgan fingerprint density at radius 2 is 1.89 bits per heavy atom. The normalized spacial score (nSPS) is 12.0. The summed E-state index contributed by atoms with van der Waals surface area (Å²) in [5.74, 6) is 0.215. The second kappa shape index (κ2) is 11.7. The van der Waals surface area contributed by atoms with Crippen molar-refractivity contribution in [1.29, 1.82) is 0 Å². The van der Waals surface area contributed by atoms with Crippen molar-refractivity contribution in [2.75, 3.05) is 32.5 Å². The summed E-state index contributed by atoms with van der Waals surface area (Å²) in [6.45, 7) is 0.624. The average molecular weight is 424 g/mol. The maximum Gasteiger partial charge on any atom is 0.226 e. The number of amides is 2. The van der Waals surface area contributed by atoms with Crippen molar-refractivity contribution in [3.05, 3.63) is 35.9 Å². The van der Waals surface area contributed by atoms with Gasteiger partial charge in [-0.1, -0.05) is 53.4 Å². The predicted octanol–water partition coefficient (Wildman–Crippen LogP) is 1.59. The van der Waals surface area contributed by atoms with Gasteiger partial charge in [0.2, 0.25) is 16.9 Å². The highest BCUT2D eigenvalue weighted by molar-refractivity contribution is 8.00. The zero-order valence-corrected chi connectivity index (χ0v) is 17.6. The topological polar surface area (TPSA) is 107 Å². The summed E-state index contributed by atoms with van der Waals surface area (Å²) in [6, 6.07) is 10.0. The van der Waals surface area contributed by atoms with Crippen molar-refractivity contribution in [2.24, 2.45) is 0 Å². The highest BCUT2D eigenvalue weighted by Crippen LogP contribution is 2.28. The Morgan fingerprint density at radius 1 is 1.18 bits per heavy atom. The number of aliphatic hydroxyl groups excluding tert-OH is 1. The van der Waals surface area contributed by atoms with E-state index < -0.39 is 6.10 Å². The molecule has 2 aromatic rings. The summed E-state index contributed by atoms with van der Waals surface area (Å²) in [6.07, 6.45) is -0.544. The van der Waals surface area contributed by atoms with Crippen LogP contribution in [0.25, 0.3) is 0 Å². The van der Waals surface area contributed by atoms with Crippen LogP contribution in [-0.4, -0.2) is 65.3 Å². The Balaban J connectivity index is 1.66. The molecule has 152 valence electrons. The molecule has 2 rings (SSSR count). The fraction of sp³-hybridized carbons (Fsp3) is 0.444. The van der Waals surface area contributed by atoms with Gasteiger partial charge in [-0.3, -0.25) is 9.59 Å². The second-order valence-corrected chi connectivity index (χ2v) is 8.62. The van der Waals surface area contributed by atoms with E-state index in [0.717, 1.165) is 10.1 Å². The molecule has 0 bridgehead atoms. The van der Waals surface area contributed by atoms with Gasteiger partial charge >= 0.3 is 0 Å². The van der Waals surface area contributed by atoms with Crippen LogP contribution < -0.4 is 10.6 Å². The molecule has 1 unspecified atom stereocenters. The lowest BCUT2D eigenvalue weighted by Crippen LogP contribution is -2.37. The first-order chi connectivity index (χ1) is 13.4. The molecule has 0 saturated carbocycles. The standard InChI is InChI=1S/C18H25N5O3S2/c1-23(2)11-14(24)10-19-15(25)8-9-16(26)20-17-21-22-18(28-17)27-12-13-6-4-3-5-7-13/h3-7,14,24H,8-12H2,1-2H3,(H,19,25)(H,20,21,26). The van der Waals surface area contributed by atoms with Gasteiger partial charge in [0, 0.05) is 31.7 Å². The second-order valence-electron chi connectivity index (χ2n) is 6.42. The van der Waals surface area contributed by atoms with E-state index in [9.17, 15) is 14.7 Å². The third-order valence-corrected chi connectivity index (χ3v) is 5.59. The molecule has 1 aromatic heterocycles. The number of aromatic nitrogens is 2. The predicted molar refractivity (Wildman–Crippen MR) is 111 cm³/mol. The molecule has 0 fully saturated rings. The molecule has 0 spiro atoms. The molecule has 1 aromatic carbocycles. The zero-order valence-electron chi connectivity index (χ0n) is 15.9. The van der Waals surface area contributed by atoms with E-state index >= 15 is 0 Å². The highest BCUT2D eigenvalue weighted by atomic mass is 32.2. The molecule has 0 aliphatic heterocycles. The number of thioether (sulfide) groups is 1. The molecule has 10 heteroatoms. The van der Waals surface area contributed by atoms with Gasteiger partial charge < -0.3 is 20.6 Å². The number of benzene rings is 1. The van der Waals surface area contributed by atoms with Crippen LogP contribution in [0, 0.1) is 0 Å². The SMILES string of the molecule is CN(C)CC(O)CNC(=O)CCC(=O)Nc1nnc(SCc2ccccc2)s1. The van der Waals surface area contributed by atoms with Crippen LogP contribution in [0.3, 0.4) is 0 Å². The van der Waals surface area contributed by atoms with Crippen molar-refractivity contribution >= 4 is 40.0 Å². The maximum atomic E-state index is 12.0. The minimum absolute atomic E-state index is 0.0433. The number of likely N-dealkylation sites (N-methyl/N-ethyl adjacent to an activating group) is 1. The number of carbonyl (C=O) groups excluding carboxylic acids is 2. The highest BCUT2D eigenvalue weighted by Gasteiger charge is 2.12. The molecule has 0 aliphatic rings. The number of nitrogens with one attached hydrogen (secondary N) is 2. The van der Waals surface area contributed by atoms with Crippen LogP contribution in [0.15, 0.2) is 34.7 Å².